The zero-order chi connectivity index (χ0) is 29.4. The van der Waals surface area contributed by atoms with Crippen LogP contribution in [0.15, 0.2) is 64.4 Å². The summed E-state index contributed by atoms with van der Waals surface area (Å²) >= 11 is 3.50. The molecule has 1 N–H and O–H groups in total. The number of aromatic nitrogens is 4. The number of nitrogens with zero attached hydrogens (tertiary/aromatic N) is 6. The van der Waals surface area contributed by atoms with E-state index < -0.39 is 15.6 Å². The van der Waals surface area contributed by atoms with Crippen LogP contribution >= 0.6 is 15.9 Å². The Morgan fingerprint density at radius 3 is 2.44 bits per heavy atom. The Morgan fingerprint density at radius 1 is 1.05 bits per heavy atom. The van der Waals surface area contributed by atoms with Gasteiger partial charge in [-0.3, -0.25) is 0 Å². The lowest BCUT2D eigenvalue weighted by atomic mass is 10.2. The van der Waals surface area contributed by atoms with E-state index in [1.165, 1.54) is 16.5 Å². The monoisotopic (exact) mass is 641 g/mol. The molecule has 11 nitrogen and oxygen atoms in total. The summed E-state index contributed by atoms with van der Waals surface area (Å²) in [7, 11) is -3.86. The number of fused-ring (bicyclic) bond motifs is 1. The fourth-order valence-electron chi connectivity index (χ4n) is 4.49. The van der Waals surface area contributed by atoms with Gasteiger partial charge in [-0.25, -0.2) is 32.1 Å². The molecule has 0 bridgehead atoms. The van der Waals surface area contributed by atoms with Crippen molar-refractivity contribution in [2.75, 3.05) is 36.4 Å². The molecule has 41 heavy (non-hydrogen) atoms. The molecule has 3 aromatic heterocycles. The summed E-state index contributed by atoms with van der Waals surface area (Å²) in [5.74, 6) is 1.30. The molecule has 0 aliphatic carbocycles. The van der Waals surface area contributed by atoms with Crippen LogP contribution in [-0.2, 0) is 21.3 Å². The lowest BCUT2D eigenvalue weighted by Gasteiger charge is -2.36. The van der Waals surface area contributed by atoms with Gasteiger partial charge in [-0.2, -0.15) is 0 Å². The van der Waals surface area contributed by atoms with Gasteiger partial charge in [0.25, 0.3) is 10.0 Å². The van der Waals surface area contributed by atoms with Gasteiger partial charge in [0.05, 0.1) is 22.5 Å². The zero-order valence-electron chi connectivity index (χ0n) is 23.3. The van der Waals surface area contributed by atoms with Crippen molar-refractivity contribution in [1.29, 1.82) is 0 Å². The number of hydrogen-bond acceptors (Lipinski definition) is 9. The summed E-state index contributed by atoms with van der Waals surface area (Å²) in [5.41, 5.74) is 1.49. The number of anilines is 2. The van der Waals surface area contributed by atoms with Gasteiger partial charge < -0.3 is 19.9 Å². The highest BCUT2D eigenvalue weighted by molar-refractivity contribution is 9.10. The molecule has 4 aromatic rings. The molecule has 5 rings (SSSR count). The topological polar surface area (TPSA) is 123 Å². The molecule has 1 aliphatic heterocycles. The smallest absolute Gasteiger partial charge is 0.410 e. The number of amides is 1. The maximum Gasteiger partial charge on any atom is 0.410 e. The summed E-state index contributed by atoms with van der Waals surface area (Å²) in [6.45, 7) is 10.2. The van der Waals surface area contributed by atoms with Crippen LogP contribution in [0.1, 0.15) is 32.0 Å². The SMILES string of the molecule is Cc1ccc(S(=O)(=O)n2cc(Br)c3c(NCc4cccc(N5CCN(C(=O)OC(C)(C)C)CC5)n4)ncnc32)cc1. The Hall–Kier alpha value is -3.71. The van der Waals surface area contributed by atoms with Crippen LogP contribution in [0.2, 0.25) is 0 Å². The number of benzene rings is 1. The Labute approximate surface area is 247 Å². The van der Waals surface area contributed by atoms with Gasteiger partial charge in [-0.15, -0.1) is 0 Å². The maximum absolute atomic E-state index is 13.4. The van der Waals surface area contributed by atoms with Gasteiger partial charge >= 0.3 is 6.09 Å². The number of hydrogen-bond donors (Lipinski definition) is 1. The minimum Gasteiger partial charge on any atom is -0.444 e. The Kier molecular flexibility index (Phi) is 7.93. The second-order valence-corrected chi connectivity index (χ2v) is 13.5. The summed E-state index contributed by atoms with van der Waals surface area (Å²) in [5, 5.41) is 3.84. The van der Waals surface area contributed by atoms with E-state index in [0.717, 1.165) is 17.1 Å². The van der Waals surface area contributed by atoms with Crippen LogP contribution in [0.4, 0.5) is 16.4 Å². The van der Waals surface area contributed by atoms with Crippen LogP contribution in [0, 0.1) is 6.92 Å². The number of ether oxygens (including phenoxy) is 1. The molecule has 0 radical (unpaired) electrons. The predicted octanol–water partition coefficient (Wildman–Crippen LogP) is 4.80. The third-order valence-electron chi connectivity index (χ3n) is 6.57. The lowest BCUT2D eigenvalue weighted by molar-refractivity contribution is 0.0240. The number of halogens is 1. The third-order valence-corrected chi connectivity index (χ3v) is 8.83. The highest BCUT2D eigenvalue weighted by atomic mass is 79.9. The molecule has 0 atom stereocenters. The average molecular weight is 643 g/mol. The second kappa shape index (κ2) is 11.3. The highest BCUT2D eigenvalue weighted by Crippen LogP contribution is 2.32. The molecular formula is C28H32BrN7O4S. The average Bonchev–Trinajstić information content (AvgIpc) is 3.29. The van der Waals surface area contributed by atoms with Gasteiger partial charge in [0.2, 0.25) is 0 Å². The first-order valence-corrected chi connectivity index (χ1v) is 15.4. The van der Waals surface area contributed by atoms with Crippen molar-refractivity contribution >= 4 is 54.7 Å². The van der Waals surface area contributed by atoms with Crippen LogP contribution in [0.25, 0.3) is 11.0 Å². The lowest BCUT2D eigenvalue weighted by Crippen LogP contribution is -2.50. The minimum absolute atomic E-state index is 0.175. The number of carbonyl (C=O) groups is 1. The molecule has 216 valence electrons. The number of rotatable bonds is 6. The first kappa shape index (κ1) is 28.8. The van der Waals surface area contributed by atoms with E-state index in [1.54, 1.807) is 29.2 Å². The number of piperazine rings is 1. The van der Waals surface area contributed by atoms with Gasteiger partial charge in [0.1, 0.15) is 23.6 Å². The normalized spacial score (nSPS) is 14.4. The number of nitrogens with one attached hydrogen (secondary N) is 1. The maximum atomic E-state index is 13.4. The zero-order valence-corrected chi connectivity index (χ0v) is 25.7. The van der Waals surface area contributed by atoms with Gasteiger partial charge in [-0.1, -0.05) is 23.8 Å². The van der Waals surface area contributed by atoms with Crippen molar-refractivity contribution in [2.24, 2.45) is 0 Å². The van der Waals surface area contributed by atoms with Gasteiger partial charge in [0.15, 0.2) is 5.65 Å². The first-order valence-electron chi connectivity index (χ1n) is 13.2. The van der Waals surface area contributed by atoms with E-state index in [9.17, 15) is 13.2 Å². The van der Waals surface area contributed by atoms with Crippen molar-refractivity contribution in [1.82, 2.24) is 23.8 Å². The van der Waals surface area contributed by atoms with Crippen molar-refractivity contribution < 1.29 is 17.9 Å². The van der Waals surface area contributed by atoms with Gasteiger partial charge in [-0.05, 0) is 67.9 Å². The van der Waals surface area contributed by atoms with Crippen LogP contribution in [0.3, 0.4) is 0 Å². The fraction of sp³-hybridized carbons (Fsp3) is 0.357. The van der Waals surface area contributed by atoms with Crippen molar-refractivity contribution in [2.45, 2.75) is 44.7 Å². The molecule has 0 spiro atoms. The molecule has 1 saturated heterocycles. The molecule has 0 unspecified atom stereocenters. The Morgan fingerprint density at radius 2 is 1.76 bits per heavy atom. The van der Waals surface area contributed by atoms with E-state index in [4.69, 9.17) is 9.72 Å². The van der Waals surface area contributed by atoms with Crippen molar-refractivity contribution in [3.63, 3.8) is 0 Å². The number of carbonyl (C=O) groups excluding carboxylic acids is 1. The van der Waals surface area contributed by atoms with Crippen LogP contribution < -0.4 is 10.2 Å². The molecule has 1 aliphatic rings. The van der Waals surface area contributed by atoms with Crippen molar-refractivity contribution in [3.05, 3.63) is 70.7 Å². The molecule has 13 heteroatoms. The molecule has 0 saturated carbocycles. The van der Waals surface area contributed by atoms with E-state index in [0.29, 0.717) is 48.4 Å². The number of aryl methyl sites for hydroxylation is 1. The molecule has 1 amide bonds. The molecule has 1 aromatic carbocycles. The largest absolute Gasteiger partial charge is 0.444 e. The summed E-state index contributed by atoms with van der Waals surface area (Å²) in [4.78, 5) is 29.9. The predicted molar refractivity (Wildman–Crippen MR) is 161 cm³/mol. The van der Waals surface area contributed by atoms with E-state index in [1.807, 2.05) is 45.9 Å². The minimum atomic E-state index is -3.86. The summed E-state index contributed by atoms with van der Waals surface area (Å²) in [6, 6.07) is 12.5. The molecule has 1 fully saturated rings. The summed E-state index contributed by atoms with van der Waals surface area (Å²) in [6.07, 6.45) is 2.53. The quantitative estimate of drug-likeness (QED) is 0.316. The Balaban J connectivity index is 1.30. The number of pyridine rings is 1. The standard InChI is InChI=1S/C28H32BrN7O4S/c1-19-8-10-21(11-9-19)41(38,39)36-17-22(29)24-25(31-18-32-26(24)36)30-16-20-6-5-7-23(33-20)34-12-14-35(15-13-34)27(37)40-28(2,3)4/h5-11,17-18H,12-16H2,1-4H3,(H,30,31,32). The van der Waals surface area contributed by atoms with E-state index in [-0.39, 0.29) is 16.6 Å². The Bertz CT molecular complexity index is 1680. The molecule has 4 heterocycles. The van der Waals surface area contributed by atoms with E-state index in [2.05, 4.69) is 36.1 Å². The highest BCUT2D eigenvalue weighted by Gasteiger charge is 2.27. The van der Waals surface area contributed by atoms with Crippen LogP contribution in [-0.4, -0.2) is 70.1 Å². The fourth-order valence-corrected chi connectivity index (χ4v) is 6.52. The van der Waals surface area contributed by atoms with Crippen molar-refractivity contribution in [3.8, 4) is 0 Å². The molecular weight excluding hydrogens is 610 g/mol. The summed E-state index contributed by atoms with van der Waals surface area (Å²) < 4.78 is 34.0. The third kappa shape index (κ3) is 6.30. The second-order valence-electron chi connectivity index (χ2n) is 10.8. The van der Waals surface area contributed by atoms with E-state index >= 15 is 0 Å². The first-order chi connectivity index (χ1) is 19.4. The van der Waals surface area contributed by atoms with Crippen LogP contribution in [0.5, 0.6) is 0 Å². The van der Waals surface area contributed by atoms with Gasteiger partial charge in [0, 0.05) is 36.8 Å².